The van der Waals surface area contributed by atoms with Crippen LogP contribution in [0.1, 0.15) is 11.1 Å². The first-order valence-corrected chi connectivity index (χ1v) is 10.6. The van der Waals surface area contributed by atoms with Gasteiger partial charge in [0, 0.05) is 10.9 Å². The second-order valence-corrected chi connectivity index (χ2v) is 7.95. The zero-order valence-electron chi connectivity index (χ0n) is 16.9. The summed E-state index contributed by atoms with van der Waals surface area (Å²) in [5.41, 5.74) is 6.29. The summed E-state index contributed by atoms with van der Waals surface area (Å²) in [4.78, 5) is 16.8. The molecule has 5 heteroatoms. The van der Waals surface area contributed by atoms with Crippen LogP contribution in [-0.4, -0.2) is 17.5 Å². The van der Waals surface area contributed by atoms with E-state index in [2.05, 4.69) is 34.6 Å². The smallest absolute Gasteiger partial charge is 0.264 e. The number of nitrogens with zero attached hydrogens (tertiary/aromatic N) is 1. The predicted octanol–water partition coefficient (Wildman–Crippen LogP) is 6.11. The average molecular weight is 415 g/mol. The summed E-state index contributed by atoms with van der Waals surface area (Å²) in [6.45, 7) is 3.91. The van der Waals surface area contributed by atoms with Crippen molar-refractivity contribution in [1.29, 1.82) is 0 Å². The van der Waals surface area contributed by atoms with Crippen LogP contribution in [0.2, 0.25) is 0 Å². The van der Waals surface area contributed by atoms with Gasteiger partial charge in [0.05, 0.1) is 5.69 Å². The van der Waals surface area contributed by atoms with Gasteiger partial charge in [0.1, 0.15) is 5.75 Å². The highest BCUT2D eigenvalue weighted by Crippen LogP contribution is 2.27. The lowest BCUT2D eigenvalue weighted by Crippen LogP contribution is -2.20. The number of carbonyl (C=O) groups is 1. The fraction of sp³-hybridized carbons (Fsp3) is 0.120. The largest absolute Gasteiger partial charge is 0.483 e. The SMILES string of the molecule is Cc1ccc(C)c(OCC(=O)Nc2nc(-c3ccc(-c4ccccc4)cc3)cs2)c1. The normalized spacial score (nSPS) is 10.6. The van der Waals surface area contributed by atoms with Gasteiger partial charge in [0.15, 0.2) is 11.7 Å². The summed E-state index contributed by atoms with van der Waals surface area (Å²) in [6.07, 6.45) is 0. The number of benzene rings is 3. The third-order valence-electron chi connectivity index (χ3n) is 4.74. The van der Waals surface area contributed by atoms with Crippen molar-refractivity contribution in [1.82, 2.24) is 4.98 Å². The number of amides is 1. The first-order chi connectivity index (χ1) is 14.6. The van der Waals surface area contributed by atoms with Gasteiger partial charge in [-0.2, -0.15) is 0 Å². The van der Waals surface area contributed by atoms with Gasteiger partial charge in [-0.15, -0.1) is 11.3 Å². The Morgan fingerprint density at radius 1 is 0.933 bits per heavy atom. The summed E-state index contributed by atoms with van der Waals surface area (Å²) >= 11 is 1.40. The standard InChI is InChI=1S/C25H22N2O2S/c1-17-8-9-18(2)23(14-17)29-15-24(28)27-25-26-22(16-30-25)21-12-10-20(11-13-21)19-6-4-3-5-7-19/h3-14,16H,15H2,1-2H3,(H,26,27,28). The van der Waals surface area contributed by atoms with E-state index >= 15 is 0 Å². The number of aromatic nitrogens is 1. The number of thiazole rings is 1. The number of anilines is 1. The van der Waals surface area contributed by atoms with Crippen molar-refractivity contribution < 1.29 is 9.53 Å². The van der Waals surface area contributed by atoms with Crippen LogP contribution in [0.3, 0.4) is 0 Å². The third-order valence-corrected chi connectivity index (χ3v) is 5.50. The minimum Gasteiger partial charge on any atom is -0.483 e. The summed E-state index contributed by atoms with van der Waals surface area (Å²) < 4.78 is 5.66. The minimum absolute atomic E-state index is 0.0506. The van der Waals surface area contributed by atoms with Gasteiger partial charge >= 0.3 is 0 Å². The molecular weight excluding hydrogens is 392 g/mol. The minimum atomic E-state index is -0.226. The molecule has 4 aromatic rings. The molecule has 4 nitrogen and oxygen atoms in total. The highest BCUT2D eigenvalue weighted by molar-refractivity contribution is 7.14. The molecule has 0 atom stereocenters. The van der Waals surface area contributed by atoms with Gasteiger partial charge in [-0.05, 0) is 42.2 Å². The molecule has 1 amide bonds. The molecule has 1 heterocycles. The lowest BCUT2D eigenvalue weighted by Gasteiger charge is -2.09. The van der Waals surface area contributed by atoms with Gasteiger partial charge in [-0.1, -0.05) is 66.7 Å². The summed E-state index contributed by atoms with van der Waals surface area (Å²) in [7, 11) is 0. The number of ether oxygens (including phenoxy) is 1. The Morgan fingerprint density at radius 3 is 2.40 bits per heavy atom. The maximum Gasteiger partial charge on any atom is 0.264 e. The molecule has 0 saturated heterocycles. The van der Waals surface area contributed by atoms with E-state index < -0.39 is 0 Å². The van der Waals surface area contributed by atoms with E-state index in [4.69, 9.17) is 4.74 Å². The fourth-order valence-corrected chi connectivity index (χ4v) is 3.83. The van der Waals surface area contributed by atoms with Crippen LogP contribution in [0.5, 0.6) is 5.75 Å². The molecule has 150 valence electrons. The Kier molecular flexibility index (Phi) is 5.91. The molecule has 30 heavy (non-hydrogen) atoms. The van der Waals surface area contributed by atoms with Crippen molar-refractivity contribution in [3.8, 4) is 28.1 Å². The molecule has 4 rings (SSSR count). The molecule has 0 spiro atoms. The van der Waals surface area contributed by atoms with Crippen LogP contribution in [0.25, 0.3) is 22.4 Å². The van der Waals surface area contributed by atoms with E-state index in [1.807, 2.05) is 67.8 Å². The average Bonchev–Trinajstić information content (AvgIpc) is 3.23. The van der Waals surface area contributed by atoms with Crippen LogP contribution < -0.4 is 10.1 Å². The van der Waals surface area contributed by atoms with Crippen molar-refractivity contribution in [3.63, 3.8) is 0 Å². The molecule has 3 aromatic carbocycles. The van der Waals surface area contributed by atoms with E-state index in [-0.39, 0.29) is 12.5 Å². The van der Waals surface area contributed by atoms with Crippen molar-refractivity contribution in [2.24, 2.45) is 0 Å². The molecule has 1 N–H and O–H groups in total. The lowest BCUT2D eigenvalue weighted by atomic mass is 10.0. The monoisotopic (exact) mass is 414 g/mol. The number of carbonyl (C=O) groups excluding carboxylic acids is 1. The number of nitrogens with one attached hydrogen (secondary N) is 1. The van der Waals surface area contributed by atoms with Crippen molar-refractivity contribution in [3.05, 3.63) is 89.3 Å². The van der Waals surface area contributed by atoms with E-state index in [1.54, 1.807) is 0 Å². The maximum absolute atomic E-state index is 12.3. The first kappa shape index (κ1) is 19.9. The van der Waals surface area contributed by atoms with Crippen molar-refractivity contribution in [2.45, 2.75) is 13.8 Å². The second-order valence-electron chi connectivity index (χ2n) is 7.09. The number of rotatable bonds is 6. The molecular formula is C25H22N2O2S. The molecule has 0 fully saturated rings. The fourth-order valence-electron chi connectivity index (χ4n) is 3.09. The van der Waals surface area contributed by atoms with Gasteiger partial charge in [-0.25, -0.2) is 4.98 Å². The van der Waals surface area contributed by atoms with Crippen molar-refractivity contribution >= 4 is 22.4 Å². The summed E-state index contributed by atoms with van der Waals surface area (Å²) in [6, 6.07) is 24.5. The van der Waals surface area contributed by atoms with Crippen LogP contribution in [-0.2, 0) is 4.79 Å². The highest BCUT2D eigenvalue weighted by atomic mass is 32.1. The molecule has 0 radical (unpaired) electrons. The van der Waals surface area contributed by atoms with Crippen molar-refractivity contribution in [2.75, 3.05) is 11.9 Å². The maximum atomic E-state index is 12.3. The molecule has 0 aliphatic carbocycles. The first-order valence-electron chi connectivity index (χ1n) is 9.70. The van der Waals surface area contributed by atoms with E-state index in [0.29, 0.717) is 5.13 Å². The highest BCUT2D eigenvalue weighted by Gasteiger charge is 2.10. The molecule has 0 aliphatic heterocycles. The van der Waals surface area contributed by atoms with Gasteiger partial charge in [-0.3, -0.25) is 10.1 Å². The van der Waals surface area contributed by atoms with Gasteiger partial charge < -0.3 is 4.74 Å². The molecule has 0 bridgehead atoms. The molecule has 1 aromatic heterocycles. The van der Waals surface area contributed by atoms with Crippen LogP contribution in [0, 0.1) is 13.8 Å². The number of hydrogen-bond acceptors (Lipinski definition) is 4. The second kappa shape index (κ2) is 8.93. The number of aryl methyl sites for hydroxylation is 2. The Balaban J connectivity index is 1.38. The topological polar surface area (TPSA) is 51.2 Å². The Hall–Kier alpha value is -3.44. The van der Waals surface area contributed by atoms with E-state index in [1.165, 1.54) is 16.9 Å². The van der Waals surface area contributed by atoms with Gasteiger partial charge in [0.25, 0.3) is 5.91 Å². The zero-order chi connectivity index (χ0) is 20.9. The quantitative estimate of drug-likeness (QED) is 0.414. The molecule has 0 aliphatic rings. The molecule has 0 saturated carbocycles. The molecule has 0 unspecified atom stereocenters. The Bertz CT molecular complexity index is 1150. The van der Waals surface area contributed by atoms with E-state index in [0.717, 1.165) is 33.7 Å². The van der Waals surface area contributed by atoms with Crippen LogP contribution in [0.15, 0.2) is 78.2 Å². The Labute approximate surface area is 180 Å². The lowest BCUT2D eigenvalue weighted by molar-refractivity contribution is -0.118. The van der Waals surface area contributed by atoms with E-state index in [9.17, 15) is 4.79 Å². The zero-order valence-corrected chi connectivity index (χ0v) is 17.7. The summed E-state index contributed by atoms with van der Waals surface area (Å²) in [5.74, 6) is 0.500. The summed E-state index contributed by atoms with van der Waals surface area (Å²) in [5, 5.41) is 5.32. The number of hydrogen-bond donors (Lipinski definition) is 1. The van der Waals surface area contributed by atoms with Crippen LogP contribution in [0.4, 0.5) is 5.13 Å². The third kappa shape index (κ3) is 4.75. The van der Waals surface area contributed by atoms with Gasteiger partial charge in [0.2, 0.25) is 0 Å². The Morgan fingerprint density at radius 2 is 1.63 bits per heavy atom. The predicted molar refractivity (Wildman–Crippen MR) is 123 cm³/mol. The van der Waals surface area contributed by atoms with Crippen LogP contribution >= 0.6 is 11.3 Å².